The second-order valence-corrected chi connectivity index (χ2v) is 3.95. The Balaban J connectivity index is -0.000000107. The molecule has 0 aliphatic carbocycles. The van der Waals surface area contributed by atoms with Crippen LogP contribution < -0.4 is 34.7 Å². The van der Waals surface area contributed by atoms with Crippen LogP contribution in [0.5, 0.6) is 0 Å². The average molecular weight is 190 g/mol. The second-order valence-electron chi connectivity index (χ2n) is 0.909. The molecule has 0 radical (unpaired) electrons. The second kappa shape index (κ2) is 22.5. The third-order valence-electron chi connectivity index (χ3n) is 0.319. The molecule has 10 heavy (non-hydrogen) atoms. The van der Waals surface area contributed by atoms with Crippen molar-refractivity contribution in [1.82, 2.24) is 0 Å². The van der Waals surface area contributed by atoms with Gasteiger partial charge in [0, 0.05) is 18.0 Å². The van der Waals surface area contributed by atoms with Crippen molar-refractivity contribution in [2.24, 2.45) is 0 Å². The summed E-state index contributed by atoms with van der Waals surface area (Å²) in [5, 5.41) is 8.25. The van der Waals surface area contributed by atoms with Crippen molar-refractivity contribution in [2.45, 2.75) is 13.8 Å². The molecule has 0 aliphatic heterocycles. The van der Waals surface area contributed by atoms with Gasteiger partial charge in [-0.25, -0.2) is 0 Å². The molecular weight excluding hydrogens is 179 g/mol. The number of hydrogen-bond acceptors (Lipinski definition) is 4. The zero-order chi connectivity index (χ0) is 7.54. The maximum Gasteiger partial charge on any atom is 1.00 e. The van der Waals surface area contributed by atoms with E-state index in [9.17, 15) is 0 Å². The standard InChI is InChI=1S/C4H10S2.CH2O2.Na/c1-3-5-6-4-2;2-1-3;/h3-4H2,1-2H3;1H,(H,2,3);/q;;+1/p-1. The molecule has 5 heteroatoms. The molecular formula is C5H11NaO2S2. The average Bonchev–Trinajstić information content (AvgIpc) is 1.86. The predicted molar refractivity (Wildman–Crippen MR) is 42.3 cm³/mol. The van der Waals surface area contributed by atoms with Crippen LogP contribution in [-0.4, -0.2) is 18.0 Å². The van der Waals surface area contributed by atoms with Gasteiger partial charge in [-0.2, -0.15) is 0 Å². The fourth-order valence-corrected chi connectivity index (χ4v) is 1.50. The molecule has 56 valence electrons. The summed E-state index contributed by atoms with van der Waals surface area (Å²) in [6, 6.07) is 0. The summed E-state index contributed by atoms with van der Waals surface area (Å²) in [7, 11) is 3.85. The van der Waals surface area contributed by atoms with Gasteiger partial charge in [0.1, 0.15) is 0 Å². The Morgan fingerprint density at radius 2 is 1.50 bits per heavy atom. The molecule has 0 aromatic rings. The van der Waals surface area contributed by atoms with Crippen molar-refractivity contribution in [3.63, 3.8) is 0 Å². The van der Waals surface area contributed by atoms with Gasteiger partial charge in [0.2, 0.25) is 0 Å². The molecule has 0 unspecified atom stereocenters. The van der Waals surface area contributed by atoms with Crippen LogP contribution in [0.2, 0.25) is 0 Å². The molecule has 0 spiro atoms. The monoisotopic (exact) mass is 190 g/mol. The molecule has 0 saturated heterocycles. The number of carbonyl (C=O) groups excluding carboxylic acids is 1. The number of carboxylic acid groups (broad SMARTS) is 1. The van der Waals surface area contributed by atoms with E-state index in [2.05, 4.69) is 13.8 Å². The van der Waals surface area contributed by atoms with E-state index in [4.69, 9.17) is 9.90 Å². The molecule has 0 N–H and O–H groups in total. The van der Waals surface area contributed by atoms with E-state index in [0.29, 0.717) is 0 Å². The van der Waals surface area contributed by atoms with E-state index >= 15 is 0 Å². The zero-order valence-electron chi connectivity index (χ0n) is 6.62. The van der Waals surface area contributed by atoms with E-state index in [1.165, 1.54) is 11.5 Å². The Hall–Kier alpha value is 1.17. The van der Waals surface area contributed by atoms with E-state index in [-0.39, 0.29) is 29.6 Å². The number of hydrogen-bond donors (Lipinski definition) is 0. The molecule has 0 fully saturated rings. The van der Waals surface area contributed by atoms with Crippen LogP contribution in [0.3, 0.4) is 0 Å². The van der Waals surface area contributed by atoms with Gasteiger partial charge in [-0.05, 0) is 0 Å². The van der Waals surface area contributed by atoms with E-state index in [1.807, 2.05) is 21.6 Å². The molecule has 0 rings (SSSR count). The van der Waals surface area contributed by atoms with Gasteiger partial charge in [-0.3, -0.25) is 0 Å². The maximum absolute atomic E-state index is 8.25. The Kier molecular flexibility index (Phi) is 38.9. The molecule has 0 amide bonds. The summed E-state index contributed by atoms with van der Waals surface area (Å²) < 4.78 is 0. The summed E-state index contributed by atoms with van der Waals surface area (Å²) in [5.74, 6) is 2.47. The van der Waals surface area contributed by atoms with Gasteiger partial charge in [0.15, 0.2) is 0 Å². The first-order valence-corrected chi connectivity index (χ1v) is 5.12. The third kappa shape index (κ3) is 35.2. The molecule has 2 nitrogen and oxygen atoms in total. The minimum atomic E-state index is -0.500. The predicted octanol–water partition coefficient (Wildman–Crippen LogP) is -2.22. The molecule has 0 atom stereocenters. The summed E-state index contributed by atoms with van der Waals surface area (Å²) in [6.07, 6.45) is 0. The van der Waals surface area contributed by atoms with Gasteiger partial charge in [0.05, 0.1) is 0 Å². The van der Waals surface area contributed by atoms with Crippen molar-refractivity contribution < 1.29 is 39.5 Å². The van der Waals surface area contributed by atoms with Gasteiger partial charge < -0.3 is 9.90 Å². The molecule has 0 aliphatic rings. The first-order valence-electron chi connectivity index (χ1n) is 2.63. The van der Waals surface area contributed by atoms with Crippen molar-refractivity contribution in [3.8, 4) is 0 Å². The topological polar surface area (TPSA) is 40.1 Å². The Morgan fingerprint density at radius 1 is 1.30 bits per heavy atom. The van der Waals surface area contributed by atoms with Crippen LogP contribution in [0.1, 0.15) is 13.8 Å². The molecule has 0 aromatic heterocycles. The fourth-order valence-electron chi connectivity index (χ4n) is 0.167. The van der Waals surface area contributed by atoms with Crippen molar-refractivity contribution in [1.29, 1.82) is 0 Å². The summed E-state index contributed by atoms with van der Waals surface area (Å²) in [5.41, 5.74) is 0. The molecule has 0 heterocycles. The Bertz CT molecular complexity index is 50.9. The first kappa shape index (κ1) is 17.3. The number of rotatable bonds is 3. The van der Waals surface area contributed by atoms with Crippen LogP contribution in [0.25, 0.3) is 0 Å². The Morgan fingerprint density at radius 3 is 1.60 bits per heavy atom. The third-order valence-corrected chi connectivity index (χ3v) is 2.87. The van der Waals surface area contributed by atoms with Gasteiger partial charge in [-0.15, -0.1) is 0 Å². The van der Waals surface area contributed by atoms with Crippen LogP contribution in [0.4, 0.5) is 0 Å². The molecule has 0 aromatic carbocycles. The minimum absolute atomic E-state index is 0. The van der Waals surface area contributed by atoms with Crippen LogP contribution in [0.15, 0.2) is 0 Å². The largest absolute Gasteiger partial charge is 1.00 e. The Labute approximate surface area is 92.2 Å². The number of carbonyl (C=O) groups is 1. The fraction of sp³-hybridized carbons (Fsp3) is 0.800. The van der Waals surface area contributed by atoms with Crippen molar-refractivity contribution in [3.05, 3.63) is 0 Å². The van der Waals surface area contributed by atoms with Crippen LogP contribution in [-0.2, 0) is 4.79 Å². The van der Waals surface area contributed by atoms with Gasteiger partial charge in [0.25, 0.3) is 0 Å². The van der Waals surface area contributed by atoms with Crippen LogP contribution >= 0.6 is 21.6 Å². The van der Waals surface area contributed by atoms with E-state index in [0.717, 1.165) is 0 Å². The molecule has 0 saturated carbocycles. The van der Waals surface area contributed by atoms with Gasteiger partial charge in [-0.1, -0.05) is 35.4 Å². The first-order chi connectivity index (χ1) is 4.33. The normalized spacial score (nSPS) is 6.60. The summed E-state index contributed by atoms with van der Waals surface area (Å²) >= 11 is 0. The van der Waals surface area contributed by atoms with E-state index < -0.39 is 6.47 Å². The van der Waals surface area contributed by atoms with Crippen LogP contribution in [0, 0.1) is 0 Å². The van der Waals surface area contributed by atoms with Crippen molar-refractivity contribution in [2.75, 3.05) is 11.5 Å². The maximum atomic E-state index is 8.25. The minimum Gasteiger partial charge on any atom is -0.554 e. The zero-order valence-corrected chi connectivity index (χ0v) is 10.3. The SMILES string of the molecule is CCSSCC.O=C[O-].[Na+]. The smallest absolute Gasteiger partial charge is 0.554 e. The summed E-state index contributed by atoms with van der Waals surface area (Å²) in [4.78, 5) is 8.25. The molecule has 0 bridgehead atoms. The van der Waals surface area contributed by atoms with Crippen molar-refractivity contribution >= 4 is 28.1 Å². The van der Waals surface area contributed by atoms with Gasteiger partial charge >= 0.3 is 29.6 Å². The quantitative estimate of drug-likeness (QED) is 0.219. The van der Waals surface area contributed by atoms with E-state index in [1.54, 1.807) is 0 Å². The summed E-state index contributed by atoms with van der Waals surface area (Å²) in [6.45, 7) is 3.85.